The summed E-state index contributed by atoms with van der Waals surface area (Å²) in [5.74, 6) is -0.179. The molecule has 0 spiro atoms. The molecule has 0 aliphatic heterocycles. The van der Waals surface area contributed by atoms with Gasteiger partial charge in [0.05, 0.1) is 5.25 Å². The van der Waals surface area contributed by atoms with Crippen molar-refractivity contribution in [3.63, 3.8) is 0 Å². The van der Waals surface area contributed by atoms with Gasteiger partial charge in [-0.3, -0.25) is 9.59 Å². The van der Waals surface area contributed by atoms with E-state index in [0.717, 1.165) is 33.0 Å². The van der Waals surface area contributed by atoms with Crippen LogP contribution in [0.3, 0.4) is 0 Å². The Kier molecular flexibility index (Phi) is 6.95. The summed E-state index contributed by atoms with van der Waals surface area (Å²) in [6.07, 6.45) is 0. The molecule has 0 heterocycles. The minimum Gasteiger partial charge on any atom is -0.325 e. The molecule has 0 radical (unpaired) electrons. The molecule has 2 amide bonds. The molecule has 0 aliphatic carbocycles. The fraction of sp³-hybridized carbons (Fsp3) is 0.200. The first-order valence-corrected chi connectivity index (χ1v) is 10.7. The van der Waals surface area contributed by atoms with Crippen LogP contribution in [0.1, 0.15) is 34.0 Å². The van der Waals surface area contributed by atoms with E-state index in [4.69, 9.17) is 0 Å². The molecular weight excluding hydrogens is 392 g/mol. The minimum atomic E-state index is -0.252. The quantitative estimate of drug-likeness (QED) is 0.484. The lowest BCUT2D eigenvalue weighted by Gasteiger charge is -2.14. The third kappa shape index (κ3) is 5.74. The standard InChI is InChI=1S/C25H26N2O2S/c1-16-6-9-20(10-7-16)25(29)26-21-11-13-22(14-12-21)30-19(4)24(28)27-23-15-17(2)5-8-18(23)3/h5-15,19H,1-4H3,(H,26,29)(H,27,28). The van der Waals surface area contributed by atoms with Crippen molar-refractivity contribution in [2.45, 2.75) is 37.8 Å². The number of aryl methyl sites for hydroxylation is 3. The first kappa shape index (κ1) is 21.7. The number of nitrogens with one attached hydrogen (secondary N) is 2. The number of carbonyl (C=O) groups excluding carboxylic acids is 2. The third-order valence-corrected chi connectivity index (χ3v) is 5.87. The SMILES string of the molecule is Cc1ccc(C(=O)Nc2ccc(SC(C)C(=O)Nc3cc(C)ccc3C)cc2)cc1. The van der Waals surface area contributed by atoms with Crippen LogP contribution < -0.4 is 10.6 Å². The molecule has 3 aromatic carbocycles. The zero-order chi connectivity index (χ0) is 21.7. The normalized spacial score (nSPS) is 11.6. The van der Waals surface area contributed by atoms with E-state index in [1.165, 1.54) is 11.8 Å². The van der Waals surface area contributed by atoms with E-state index >= 15 is 0 Å². The lowest BCUT2D eigenvalue weighted by atomic mass is 10.1. The molecule has 3 aromatic rings. The van der Waals surface area contributed by atoms with Gasteiger partial charge in [-0.25, -0.2) is 0 Å². The molecule has 2 N–H and O–H groups in total. The molecule has 0 aromatic heterocycles. The van der Waals surface area contributed by atoms with E-state index < -0.39 is 0 Å². The van der Waals surface area contributed by atoms with Crippen LogP contribution in [0.5, 0.6) is 0 Å². The first-order valence-electron chi connectivity index (χ1n) is 9.84. The maximum atomic E-state index is 12.6. The van der Waals surface area contributed by atoms with Gasteiger partial charge in [0.15, 0.2) is 0 Å². The van der Waals surface area contributed by atoms with Crippen molar-refractivity contribution in [1.82, 2.24) is 0 Å². The molecule has 0 saturated heterocycles. The summed E-state index contributed by atoms with van der Waals surface area (Å²) in [6.45, 7) is 7.86. The van der Waals surface area contributed by atoms with Crippen LogP contribution in [0.4, 0.5) is 11.4 Å². The molecule has 0 bridgehead atoms. The van der Waals surface area contributed by atoms with Gasteiger partial charge in [-0.1, -0.05) is 29.8 Å². The second-order valence-electron chi connectivity index (χ2n) is 7.41. The number of amides is 2. The highest BCUT2D eigenvalue weighted by Crippen LogP contribution is 2.26. The zero-order valence-corrected chi connectivity index (χ0v) is 18.5. The molecule has 0 fully saturated rings. The van der Waals surface area contributed by atoms with Crippen LogP contribution in [0, 0.1) is 20.8 Å². The second kappa shape index (κ2) is 9.63. The smallest absolute Gasteiger partial charge is 0.255 e. The Hall–Kier alpha value is -3.05. The van der Waals surface area contributed by atoms with Gasteiger partial charge >= 0.3 is 0 Å². The van der Waals surface area contributed by atoms with E-state index in [1.54, 1.807) is 0 Å². The number of thioether (sulfide) groups is 1. The van der Waals surface area contributed by atoms with E-state index in [-0.39, 0.29) is 17.1 Å². The van der Waals surface area contributed by atoms with Gasteiger partial charge in [0.2, 0.25) is 5.91 Å². The second-order valence-corrected chi connectivity index (χ2v) is 8.83. The molecule has 3 rings (SSSR count). The van der Waals surface area contributed by atoms with Gasteiger partial charge in [0.25, 0.3) is 5.91 Å². The predicted octanol–water partition coefficient (Wildman–Crippen LogP) is 5.98. The van der Waals surface area contributed by atoms with Crippen LogP contribution in [-0.2, 0) is 4.79 Å². The summed E-state index contributed by atoms with van der Waals surface area (Å²) in [5, 5.41) is 5.66. The summed E-state index contributed by atoms with van der Waals surface area (Å²) >= 11 is 1.48. The molecule has 0 saturated carbocycles. The summed E-state index contributed by atoms with van der Waals surface area (Å²) in [7, 11) is 0. The number of rotatable bonds is 6. The van der Waals surface area contributed by atoms with Crippen molar-refractivity contribution in [2.24, 2.45) is 0 Å². The highest BCUT2D eigenvalue weighted by molar-refractivity contribution is 8.00. The van der Waals surface area contributed by atoms with E-state index in [9.17, 15) is 9.59 Å². The number of hydrogen-bond donors (Lipinski definition) is 2. The van der Waals surface area contributed by atoms with E-state index in [2.05, 4.69) is 10.6 Å². The minimum absolute atomic E-state index is 0.0366. The Balaban J connectivity index is 1.58. The lowest BCUT2D eigenvalue weighted by Crippen LogP contribution is -2.22. The molecule has 30 heavy (non-hydrogen) atoms. The average Bonchev–Trinajstić information content (AvgIpc) is 2.72. The molecule has 1 unspecified atom stereocenters. The van der Waals surface area contributed by atoms with Crippen LogP contribution in [-0.4, -0.2) is 17.1 Å². The topological polar surface area (TPSA) is 58.2 Å². The Morgan fingerprint density at radius 2 is 1.43 bits per heavy atom. The Morgan fingerprint density at radius 1 is 0.800 bits per heavy atom. The van der Waals surface area contributed by atoms with Crippen molar-refractivity contribution in [3.05, 3.63) is 89.0 Å². The zero-order valence-electron chi connectivity index (χ0n) is 17.7. The van der Waals surface area contributed by atoms with Gasteiger partial charge < -0.3 is 10.6 Å². The molecular formula is C25H26N2O2S. The number of benzene rings is 3. The van der Waals surface area contributed by atoms with Crippen LogP contribution >= 0.6 is 11.8 Å². The fourth-order valence-corrected chi connectivity index (χ4v) is 3.75. The van der Waals surface area contributed by atoms with Gasteiger partial charge in [-0.15, -0.1) is 11.8 Å². The third-order valence-electron chi connectivity index (χ3n) is 4.76. The van der Waals surface area contributed by atoms with E-state index in [0.29, 0.717) is 5.56 Å². The molecule has 4 nitrogen and oxygen atoms in total. The van der Waals surface area contributed by atoms with Gasteiger partial charge in [-0.2, -0.15) is 0 Å². The summed E-state index contributed by atoms with van der Waals surface area (Å²) in [5.41, 5.74) is 5.46. The predicted molar refractivity (Wildman–Crippen MR) is 125 cm³/mol. The largest absolute Gasteiger partial charge is 0.325 e. The Morgan fingerprint density at radius 3 is 2.10 bits per heavy atom. The van der Waals surface area contributed by atoms with Crippen molar-refractivity contribution in [2.75, 3.05) is 10.6 Å². The average molecular weight is 419 g/mol. The van der Waals surface area contributed by atoms with Crippen molar-refractivity contribution >= 4 is 35.0 Å². The highest BCUT2D eigenvalue weighted by Gasteiger charge is 2.16. The lowest BCUT2D eigenvalue weighted by molar-refractivity contribution is -0.115. The summed E-state index contributed by atoms with van der Waals surface area (Å²) in [6, 6.07) is 21.0. The molecule has 0 aliphatic rings. The Bertz CT molecular complexity index is 1040. The number of hydrogen-bond acceptors (Lipinski definition) is 3. The van der Waals surface area contributed by atoms with Crippen molar-refractivity contribution in [3.8, 4) is 0 Å². The first-order chi connectivity index (χ1) is 14.3. The van der Waals surface area contributed by atoms with Crippen molar-refractivity contribution in [1.29, 1.82) is 0 Å². The van der Waals surface area contributed by atoms with Crippen LogP contribution in [0.25, 0.3) is 0 Å². The van der Waals surface area contributed by atoms with Crippen LogP contribution in [0.2, 0.25) is 0 Å². The van der Waals surface area contributed by atoms with Crippen molar-refractivity contribution < 1.29 is 9.59 Å². The Labute approximate surface area is 182 Å². The van der Waals surface area contributed by atoms with Crippen LogP contribution in [0.15, 0.2) is 71.6 Å². The monoisotopic (exact) mass is 418 g/mol. The summed E-state index contributed by atoms with van der Waals surface area (Å²) in [4.78, 5) is 25.9. The molecule has 1 atom stereocenters. The number of anilines is 2. The molecule has 5 heteroatoms. The number of carbonyl (C=O) groups is 2. The highest BCUT2D eigenvalue weighted by atomic mass is 32.2. The van der Waals surface area contributed by atoms with Gasteiger partial charge in [-0.05, 0) is 81.3 Å². The maximum Gasteiger partial charge on any atom is 0.255 e. The maximum absolute atomic E-state index is 12.6. The van der Waals surface area contributed by atoms with Gasteiger partial charge in [0.1, 0.15) is 0 Å². The summed E-state index contributed by atoms with van der Waals surface area (Å²) < 4.78 is 0. The van der Waals surface area contributed by atoms with E-state index in [1.807, 2.05) is 94.4 Å². The molecule has 154 valence electrons. The fourth-order valence-electron chi connectivity index (χ4n) is 2.89. The van der Waals surface area contributed by atoms with Gasteiger partial charge in [0, 0.05) is 21.8 Å².